The molecule has 0 aromatic heterocycles. The van der Waals surface area contributed by atoms with Gasteiger partial charge in [-0.3, -0.25) is 0 Å². The third kappa shape index (κ3) is 3.33. The van der Waals surface area contributed by atoms with Crippen LogP contribution in [0.15, 0.2) is 6.07 Å². The Kier molecular flexibility index (Phi) is 5.82. The molecule has 0 fully saturated rings. The SMILES string of the molecule is COc1cc(CN(C)CCS)c(OC)c(C)c1C. The summed E-state index contributed by atoms with van der Waals surface area (Å²) < 4.78 is 11.0. The molecule has 0 aliphatic rings. The fourth-order valence-electron chi connectivity index (χ4n) is 2.08. The van der Waals surface area contributed by atoms with Crippen LogP contribution in [0.4, 0.5) is 0 Å². The van der Waals surface area contributed by atoms with Crippen LogP contribution in [0.1, 0.15) is 16.7 Å². The van der Waals surface area contributed by atoms with Crippen molar-refractivity contribution in [3.63, 3.8) is 0 Å². The molecule has 102 valence electrons. The van der Waals surface area contributed by atoms with Crippen molar-refractivity contribution in [2.75, 3.05) is 33.6 Å². The maximum atomic E-state index is 5.53. The van der Waals surface area contributed by atoms with Gasteiger partial charge in [-0.1, -0.05) is 0 Å². The molecule has 3 nitrogen and oxygen atoms in total. The summed E-state index contributed by atoms with van der Waals surface area (Å²) >= 11 is 4.25. The average Bonchev–Trinajstić information content (AvgIpc) is 2.34. The first-order chi connectivity index (χ1) is 8.54. The van der Waals surface area contributed by atoms with E-state index in [0.29, 0.717) is 0 Å². The van der Waals surface area contributed by atoms with Gasteiger partial charge in [0.15, 0.2) is 0 Å². The number of ether oxygens (including phenoxy) is 2. The molecular weight excluding hydrogens is 246 g/mol. The monoisotopic (exact) mass is 269 g/mol. The molecule has 0 atom stereocenters. The summed E-state index contributed by atoms with van der Waals surface area (Å²) in [6.45, 7) is 5.90. The number of nitrogens with zero attached hydrogens (tertiary/aromatic N) is 1. The van der Waals surface area contributed by atoms with Gasteiger partial charge in [-0.15, -0.1) is 0 Å². The minimum atomic E-state index is 0.835. The van der Waals surface area contributed by atoms with Crippen LogP contribution in [-0.2, 0) is 6.54 Å². The molecule has 0 bridgehead atoms. The molecule has 0 saturated heterocycles. The number of hydrogen-bond acceptors (Lipinski definition) is 4. The first-order valence-electron chi connectivity index (χ1n) is 6.05. The maximum absolute atomic E-state index is 5.53. The molecule has 0 heterocycles. The summed E-state index contributed by atoms with van der Waals surface area (Å²) in [5.74, 6) is 2.72. The zero-order chi connectivity index (χ0) is 13.7. The van der Waals surface area contributed by atoms with Gasteiger partial charge in [-0.2, -0.15) is 12.6 Å². The Bertz CT molecular complexity index is 407. The average molecular weight is 269 g/mol. The lowest BCUT2D eigenvalue weighted by Gasteiger charge is -2.21. The third-order valence-electron chi connectivity index (χ3n) is 3.22. The number of thiol groups is 1. The molecule has 0 unspecified atom stereocenters. The van der Waals surface area contributed by atoms with Gasteiger partial charge in [0.25, 0.3) is 0 Å². The van der Waals surface area contributed by atoms with Gasteiger partial charge in [-0.25, -0.2) is 0 Å². The second-order valence-corrected chi connectivity index (χ2v) is 4.93. The highest BCUT2D eigenvalue weighted by molar-refractivity contribution is 7.80. The van der Waals surface area contributed by atoms with Crippen LogP contribution in [0.2, 0.25) is 0 Å². The zero-order valence-electron chi connectivity index (χ0n) is 11.9. The van der Waals surface area contributed by atoms with Gasteiger partial charge >= 0.3 is 0 Å². The molecule has 1 aromatic carbocycles. The minimum Gasteiger partial charge on any atom is -0.496 e. The fourth-order valence-corrected chi connectivity index (χ4v) is 2.42. The Morgan fingerprint density at radius 1 is 1.17 bits per heavy atom. The van der Waals surface area contributed by atoms with Crippen LogP contribution in [0.5, 0.6) is 11.5 Å². The molecular formula is C14H23NO2S. The molecule has 0 amide bonds. The van der Waals surface area contributed by atoms with Crippen LogP contribution in [0.3, 0.4) is 0 Å². The Hall–Kier alpha value is -0.870. The number of benzene rings is 1. The zero-order valence-corrected chi connectivity index (χ0v) is 12.8. The summed E-state index contributed by atoms with van der Waals surface area (Å²) in [6.07, 6.45) is 0. The lowest BCUT2D eigenvalue weighted by atomic mass is 10.0. The first-order valence-corrected chi connectivity index (χ1v) is 6.68. The van der Waals surface area contributed by atoms with Gasteiger partial charge < -0.3 is 14.4 Å². The van der Waals surface area contributed by atoms with Crippen molar-refractivity contribution in [3.05, 3.63) is 22.8 Å². The quantitative estimate of drug-likeness (QED) is 0.803. The maximum Gasteiger partial charge on any atom is 0.126 e. The van der Waals surface area contributed by atoms with E-state index in [1.54, 1.807) is 14.2 Å². The van der Waals surface area contributed by atoms with Crippen molar-refractivity contribution in [1.82, 2.24) is 4.90 Å². The topological polar surface area (TPSA) is 21.7 Å². The minimum absolute atomic E-state index is 0.835. The predicted octanol–water partition coefficient (Wildman–Crippen LogP) is 2.68. The van der Waals surface area contributed by atoms with Crippen molar-refractivity contribution in [2.24, 2.45) is 0 Å². The molecule has 0 N–H and O–H groups in total. The van der Waals surface area contributed by atoms with Crippen LogP contribution in [0, 0.1) is 13.8 Å². The van der Waals surface area contributed by atoms with Gasteiger partial charge in [0, 0.05) is 24.4 Å². The molecule has 0 radical (unpaired) electrons. The van der Waals surface area contributed by atoms with E-state index in [1.807, 2.05) is 0 Å². The van der Waals surface area contributed by atoms with Crippen LogP contribution in [-0.4, -0.2) is 38.5 Å². The molecule has 18 heavy (non-hydrogen) atoms. The van der Waals surface area contributed by atoms with Crippen LogP contribution >= 0.6 is 12.6 Å². The largest absolute Gasteiger partial charge is 0.496 e. The summed E-state index contributed by atoms with van der Waals surface area (Å²) in [4.78, 5) is 2.22. The highest BCUT2D eigenvalue weighted by Crippen LogP contribution is 2.33. The van der Waals surface area contributed by atoms with Gasteiger partial charge in [0.1, 0.15) is 11.5 Å². The summed E-state index contributed by atoms with van der Waals surface area (Å²) in [7, 11) is 5.50. The fraction of sp³-hybridized carbons (Fsp3) is 0.571. The van der Waals surface area contributed by atoms with E-state index in [-0.39, 0.29) is 0 Å². The van der Waals surface area contributed by atoms with E-state index >= 15 is 0 Å². The Labute approximate surface area is 115 Å². The molecule has 0 aliphatic carbocycles. The summed E-state index contributed by atoms with van der Waals surface area (Å²) in [5.41, 5.74) is 3.43. The third-order valence-corrected chi connectivity index (χ3v) is 3.42. The van der Waals surface area contributed by atoms with E-state index in [4.69, 9.17) is 9.47 Å². The molecule has 1 aromatic rings. The highest BCUT2D eigenvalue weighted by Gasteiger charge is 2.14. The van der Waals surface area contributed by atoms with Gasteiger partial charge in [-0.05, 0) is 38.1 Å². The summed E-state index contributed by atoms with van der Waals surface area (Å²) in [6, 6.07) is 2.07. The van der Waals surface area contributed by atoms with Gasteiger partial charge in [0.05, 0.1) is 14.2 Å². The van der Waals surface area contributed by atoms with E-state index in [9.17, 15) is 0 Å². The van der Waals surface area contributed by atoms with E-state index in [0.717, 1.165) is 47.0 Å². The lowest BCUT2D eigenvalue weighted by Crippen LogP contribution is -2.20. The predicted molar refractivity (Wildman–Crippen MR) is 79.2 cm³/mol. The molecule has 0 saturated carbocycles. The Morgan fingerprint density at radius 2 is 1.83 bits per heavy atom. The molecule has 4 heteroatoms. The van der Waals surface area contributed by atoms with Crippen molar-refractivity contribution in [3.8, 4) is 11.5 Å². The first kappa shape index (κ1) is 15.2. The smallest absolute Gasteiger partial charge is 0.126 e. The van der Waals surface area contributed by atoms with Gasteiger partial charge in [0.2, 0.25) is 0 Å². The van der Waals surface area contributed by atoms with Crippen molar-refractivity contribution < 1.29 is 9.47 Å². The van der Waals surface area contributed by atoms with E-state index in [2.05, 4.69) is 44.5 Å². The number of rotatable bonds is 6. The normalized spacial score (nSPS) is 10.8. The standard InChI is InChI=1S/C14H23NO2S/c1-10-11(2)14(17-5)12(8-13(10)16-4)9-15(3)6-7-18/h8,18H,6-7,9H2,1-5H3. The molecule has 0 aliphatic heterocycles. The Morgan fingerprint density at radius 3 is 2.33 bits per heavy atom. The van der Waals surface area contributed by atoms with Crippen molar-refractivity contribution in [1.29, 1.82) is 0 Å². The Balaban J connectivity index is 3.12. The second-order valence-electron chi connectivity index (χ2n) is 4.48. The van der Waals surface area contributed by atoms with Crippen LogP contribution in [0.25, 0.3) is 0 Å². The van der Waals surface area contributed by atoms with Crippen molar-refractivity contribution >= 4 is 12.6 Å². The molecule has 1 rings (SSSR count). The molecule has 0 spiro atoms. The van der Waals surface area contributed by atoms with Crippen molar-refractivity contribution in [2.45, 2.75) is 20.4 Å². The second kappa shape index (κ2) is 6.90. The number of methoxy groups -OCH3 is 2. The summed E-state index contributed by atoms with van der Waals surface area (Å²) in [5, 5.41) is 0. The highest BCUT2D eigenvalue weighted by atomic mass is 32.1. The van der Waals surface area contributed by atoms with Crippen LogP contribution < -0.4 is 9.47 Å². The van der Waals surface area contributed by atoms with E-state index in [1.165, 1.54) is 0 Å². The lowest BCUT2D eigenvalue weighted by molar-refractivity contribution is 0.332. The van der Waals surface area contributed by atoms with E-state index < -0.39 is 0 Å². The number of hydrogen-bond donors (Lipinski definition) is 1.